The SMILES string of the molecule is CCNC(=NCc1oc2ccccc2c1C)N(C)C.I. The Balaban J connectivity index is 0.00000200. The molecule has 2 rings (SSSR count). The average molecular weight is 387 g/mol. The van der Waals surface area contributed by atoms with Gasteiger partial charge in [-0.25, -0.2) is 4.99 Å². The smallest absolute Gasteiger partial charge is 0.193 e. The Hall–Kier alpha value is -1.24. The predicted molar refractivity (Wildman–Crippen MR) is 94.9 cm³/mol. The van der Waals surface area contributed by atoms with Crippen LogP contribution in [0.4, 0.5) is 0 Å². The van der Waals surface area contributed by atoms with Gasteiger partial charge in [0.1, 0.15) is 17.9 Å². The molecule has 0 aliphatic carbocycles. The molecule has 1 aromatic heterocycles. The summed E-state index contributed by atoms with van der Waals surface area (Å²) in [7, 11) is 3.96. The zero-order valence-electron chi connectivity index (χ0n) is 12.4. The topological polar surface area (TPSA) is 40.8 Å². The zero-order valence-corrected chi connectivity index (χ0v) is 14.8. The zero-order chi connectivity index (χ0) is 13.8. The summed E-state index contributed by atoms with van der Waals surface area (Å²) < 4.78 is 5.85. The second kappa shape index (κ2) is 7.52. The van der Waals surface area contributed by atoms with Crippen molar-refractivity contribution in [2.24, 2.45) is 4.99 Å². The van der Waals surface area contributed by atoms with E-state index in [2.05, 4.69) is 30.2 Å². The number of benzene rings is 1. The number of furan rings is 1. The summed E-state index contributed by atoms with van der Waals surface area (Å²) in [5, 5.41) is 4.41. The normalized spacial score (nSPS) is 11.3. The molecular weight excluding hydrogens is 365 g/mol. The van der Waals surface area contributed by atoms with E-state index in [4.69, 9.17) is 4.42 Å². The maximum Gasteiger partial charge on any atom is 0.193 e. The van der Waals surface area contributed by atoms with Crippen LogP contribution in [-0.4, -0.2) is 31.5 Å². The van der Waals surface area contributed by atoms with Crippen molar-refractivity contribution in [3.05, 3.63) is 35.6 Å². The molecule has 20 heavy (non-hydrogen) atoms. The van der Waals surface area contributed by atoms with E-state index in [1.54, 1.807) is 0 Å². The molecule has 0 aliphatic rings. The van der Waals surface area contributed by atoms with Gasteiger partial charge in [-0.1, -0.05) is 18.2 Å². The standard InChI is InChI=1S/C15H21N3O.HI/c1-5-16-15(18(3)4)17-10-14-11(2)12-8-6-7-9-13(12)19-14;/h6-9H,5,10H2,1-4H3,(H,16,17);1H. The molecule has 0 bridgehead atoms. The summed E-state index contributed by atoms with van der Waals surface area (Å²) >= 11 is 0. The molecule has 1 heterocycles. The fraction of sp³-hybridized carbons (Fsp3) is 0.400. The molecule has 1 N–H and O–H groups in total. The van der Waals surface area contributed by atoms with Crippen LogP contribution in [0.5, 0.6) is 0 Å². The van der Waals surface area contributed by atoms with Crippen molar-refractivity contribution >= 4 is 40.9 Å². The third-order valence-electron chi connectivity index (χ3n) is 3.07. The number of fused-ring (bicyclic) bond motifs is 1. The van der Waals surface area contributed by atoms with Gasteiger partial charge < -0.3 is 14.6 Å². The molecule has 0 radical (unpaired) electrons. The number of aryl methyl sites for hydroxylation is 1. The van der Waals surface area contributed by atoms with Crippen molar-refractivity contribution in [2.75, 3.05) is 20.6 Å². The molecule has 2 aromatic rings. The number of aliphatic imine (C=N–C) groups is 1. The summed E-state index contributed by atoms with van der Waals surface area (Å²) in [6.07, 6.45) is 0. The molecule has 0 saturated heterocycles. The summed E-state index contributed by atoms with van der Waals surface area (Å²) in [5.74, 6) is 1.81. The van der Waals surface area contributed by atoms with Gasteiger partial charge in [-0.2, -0.15) is 0 Å². The molecule has 0 saturated carbocycles. The minimum absolute atomic E-state index is 0. The van der Waals surface area contributed by atoms with Crippen LogP contribution < -0.4 is 5.32 Å². The molecule has 0 spiro atoms. The van der Waals surface area contributed by atoms with Crippen LogP contribution in [0.3, 0.4) is 0 Å². The van der Waals surface area contributed by atoms with Crippen LogP contribution in [0.25, 0.3) is 11.0 Å². The highest BCUT2D eigenvalue weighted by atomic mass is 127. The molecule has 4 nitrogen and oxygen atoms in total. The van der Waals surface area contributed by atoms with Crippen LogP contribution in [-0.2, 0) is 6.54 Å². The number of nitrogens with one attached hydrogen (secondary N) is 1. The van der Waals surface area contributed by atoms with Crippen LogP contribution in [0.2, 0.25) is 0 Å². The van der Waals surface area contributed by atoms with Gasteiger partial charge in [0.05, 0.1) is 0 Å². The van der Waals surface area contributed by atoms with Gasteiger partial charge in [0, 0.05) is 31.6 Å². The fourth-order valence-electron chi connectivity index (χ4n) is 2.04. The van der Waals surface area contributed by atoms with Gasteiger partial charge in [0.2, 0.25) is 0 Å². The van der Waals surface area contributed by atoms with Crippen LogP contribution in [0.1, 0.15) is 18.2 Å². The Labute approximate surface area is 137 Å². The van der Waals surface area contributed by atoms with Gasteiger partial charge in [0.15, 0.2) is 5.96 Å². The van der Waals surface area contributed by atoms with E-state index in [0.29, 0.717) is 6.54 Å². The lowest BCUT2D eigenvalue weighted by Gasteiger charge is -2.16. The first-order valence-electron chi connectivity index (χ1n) is 6.56. The average Bonchev–Trinajstić information content (AvgIpc) is 2.72. The Morgan fingerprint density at radius 3 is 2.60 bits per heavy atom. The number of hydrogen-bond donors (Lipinski definition) is 1. The van der Waals surface area contributed by atoms with Crippen molar-refractivity contribution in [1.29, 1.82) is 0 Å². The number of rotatable bonds is 3. The highest BCUT2D eigenvalue weighted by Gasteiger charge is 2.09. The van der Waals surface area contributed by atoms with Crippen molar-refractivity contribution in [3.63, 3.8) is 0 Å². The highest BCUT2D eigenvalue weighted by Crippen LogP contribution is 2.25. The number of para-hydroxylation sites is 1. The van der Waals surface area contributed by atoms with Crippen LogP contribution >= 0.6 is 24.0 Å². The Morgan fingerprint density at radius 2 is 2.00 bits per heavy atom. The minimum Gasteiger partial charge on any atom is -0.459 e. The van der Waals surface area contributed by atoms with Crippen LogP contribution in [0.15, 0.2) is 33.7 Å². The third-order valence-corrected chi connectivity index (χ3v) is 3.07. The van der Waals surface area contributed by atoms with E-state index in [1.165, 1.54) is 10.9 Å². The number of hydrogen-bond acceptors (Lipinski definition) is 2. The van der Waals surface area contributed by atoms with Gasteiger partial charge in [-0.15, -0.1) is 24.0 Å². The number of guanidine groups is 1. The van der Waals surface area contributed by atoms with Gasteiger partial charge in [-0.3, -0.25) is 0 Å². The molecule has 0 amide bonds. The molecule has 1 aromatic carbocycles. The molecule has 0 atom stereocenters. The highest BCUT2D eigenvalue weighted by molar-refractivity contribution is 14.0. The molecule has 0 aliphatic heterocycles. The molecule has 110 valence electrons. The largest absolute Gasteiger partial charge is 0.459 e. The Kier molecular flexibility index (Phi) is 6.32. The van der Waals surface area contributed by atoms with Gasteiger partial charge in [0.25, 0.3) is 0 Å². The number of nitrogens with zero attached hydrogens (tertiary/aromatic N) is 2. The monoisotopic (exact) mass is 387 g/mol. The summed E-state index contributed by atoms with van der Waals surface area (Å²) in [6, 6.07) is 8.09. The second-order valence-corrected chi connectivity index (χ2v) is 4.71. The van der Waals surface area contributed by atoms with Crippen LogP contribution in [0, 0.1) is 6.92 Å². The lowest BCUT2D eigenvalue weighted by Crippen LogP contribution is -2.36. The number of halogens is 1. The van der Waals surface area contributed by atoms with Gasteiger partial charge in [-0.05, 0) is 19.9 Å². The first-order chi connectivity index (χ1) is 9.13. The van der Waals surface area contributed by atoms with E-state index in [9.17, 15) is 0 Å². The van der Waals surface area contributed by atoms with Gasteiger partial charge >= 0.3 is 0 Å². The first-order valence-corrected chi connectivity index (χ1v) is 6.56. The first kappa shape index (κ1) is 16.8. The van der Waals surface area contributed by atoms with Crippen molar-refractivity contribution in [3.8, 4) is 0 Å². The third kappa shape index (κ3) is 3.65. The quantitative estimate of drug-likeness (QED) is 0.499. The lowest BCUT2D eigenvalue weighted by atomic mass is 10.1. The summed E-state index contributed by atoms with van der Waals surface area (Å²) in [6.45, 7) is 5.56. The maximum absolute atomic E-state index is 5.85. The molecule has 0 unspecified atom stereocenters. The maximum atomic E-state index is 5.85. The molecule has 0 fully saturated rings. The fourth-order valence-corrected chi connectivity index (χ4v) is 2.04. The summed E-state index contributed by atoms with van der Waals surface area (Å²) in [5.41, 5.74) is 2.11. The van der Waals surface area contributed by atoms with Crippen molar-refractivity contribution < 1.29 is 4.42 Å². The summed E-state index contributed by atoms with van der Waals surface area (Å²) in [4.78, 5) is 6.55. The van der Waals surface area contributed by atoms with E-state index in [0.717, 1.165) is 23.8 Å². The lowest BCUT2D eigenvalue weighted by molar-refractivity contribution is 0.538. The van der Waals surface area contributed by atoms with E-state index >= 15 is 0 Å². The predicted octanol–water partition coefficient (Wildman–Crippen LogP) is 3.39. The Bertz CT molecular complexity index is 590. The van der Waals surface area contributed by atoms with E-state index in [-0.39, 0.29) is 24.0 Å². The molecule has 5 heteroatoms. The van der Waals surface area contributed by atoms with E-state index < -0.39 is 0 Å². The Morgan fingerprint density at radius 1 is 1.30 bits per heavy atom. The van der Waals surface area contributed by atoms with Crippen molar-refractivity contribution in [1.82, 2.24) is 10.2 Å². The van der Waals surface area contributed by atoms with E-state index in [1.807, 2.05) is 37.2 Å². The second-order valence-electron chi connectivity index (χ2n) is 4.71. The molecular formula is C15H22IN3O. The van der Waals surface area contributed by atoms with Crippen molar-refractivity contribution in [2.45, 2.75) is 20.4 Å². The minimum atomic E-state index is 0.